The van der Waals surface area contributed by atoms with Gasteiger partial charge in [0.25, 0.3) is 5.91 Å². The van der Waals surface area contributed by atoms with Gasteiger partial charge in [0.15, 0.2) is 0 Å². The number of rotatable bonds is 6. The lowest BCUT2D eigenvalue weighted by molar-refractivity contribution is 0.0526. The molecule has 0 aliphatic rings. The van der Waals surface area contributed by atoms with Gasteiger partial charge in [0.2, 0.25) is 15.0 Å². The van der Waals surface area contributed by atoms with E-state index in [1.54, 1.807) is 6.92 Å². The third kappa shape index (κ3) is 5.32. The Morgan fingerprint density at radius 1 is 1.53 bits per heavy atom. The normalized spacial score (nSPS) is 11.1. The molecule has 8 nitrogen and oxygen atoms in total. The fourth-order valence-electron chi connectivity index (χ4n) is 1.06. The van der Waals surface area contributed by atoms with Crippen molar-refractivity contribution in [3.63, 3.8) is 0 Å². The molecule has 0 aromatic carbocycles. The fraction of sp³-hybridized carbons (Fsp3) is 0.444. The first kappa shape index (κ1) is 15.5. The highest BCUT2D eigenvalue weighted by Gasteiger charge is 2.16. The molecule has 1 heterocycles. The van der Waals surface area contributed by atoms with Crippen LogP contribution in [0.15, 0.2) is 5.38 Å². The van der Waals surface area contributed by atoms with E-state index in [0.29, 0.717) is 0 Å². The number of aromatic nitrogens is 1. The van der Waals surface area contributed by atoms with Gasteiger partial charge in [0.05, 0.1) is 12.4 Å². The van der Waals surface area contributed by atoms with Crippen molar-refractivity contribution in [1.82, 2.24) is 10.3 Å². The van der Waals surface area contributed by atoms with Crippen LogP contribution in [0.25, 0.3) is 0 Å². The number of esters is 1. The second kappa shape index (κ2) is 6.59. The number of carbonyl (C=O) groups excluding carboxylic acids is 2. The number of carbonyl (C=O) groups is 2. The van der Waals surface area contributed by atoms with Gasteiger partial charge in [0.1, 0.15) is 5.69 Å². The number of primary sulfonamides is 1. The van der Waals surface area contributed by atoms with Crippen molar-refractivity contribution < 1.29 is 22.7 Å². The van der Waals surface area contributed by atoms with E-state index in [9.17, 15) is 18.0 Å². The van der Waals surface area contributed by atoms with Gasteiger partial charge in [-0.25, -0.2) is 23.3 Å². The van der Waals surface area contributed by atoms with E-state index in [4.69, 9.17) is 9.88 Å². The van der Waals surface area contributed by atoms with Crippen molar-refractivity contribution in [2.75, 3.05) is 18.9 Å². The van der Waals surface area contributed by atoms with Crippen LogP contribution < -0.4 is 10.5 Å². The SMILES string of the molecule is CCOC(=O)c1nc(C(=O)NCCS(N)(=O)=O)cs1. The molecule has 0 radical (unpaired) electrons. The lowest BCUT2D eigenvalue weighted by Gasteiger charge is -2.01. The number of ether oxygens (including phenoxy) is 1. The van der Waals surface area contributed by atoms with Crippen LogP contribution in [0.5, 0.6) is 0 Å². The molecule has 1 aromatic rings. The molecule has 0 spiro atoms. The molecule has 1 amide bonds. The highest BCUT2D eigenvalue weighted by molar-refractivity contribution is 7.89. The minimum Gasteiger partial charge on any atom is -0.461 e. The Kier molecular flexibility index (Phi) is 5.39. The van der Waals surface area contributed by atoms with Crippen molar-refractivity contribution in [2.45, 2.75) is 6.92 Å². The second-order valence-electron chi connectivity index (χ2n) is 3.38. The van der Waals surface area contributed by atoms with Crippen molar-refractivity contribution in [3.05, 3.63) is 16.1 Å². The molecule has 0 aliphatic heterocycles. The van der Waals surface area contributed by atoms with Crippen LogP contribution in [0.4, 0.5) is 0 Å². The summed E-state index contributed by atoms with van der Waals surface area (Å²) >= 11 is 0.976. The van der Waals surface area contributed by atoms with Gasteiger partial charge in [-0.1, -0.05) is 0 Å². The van der Waals surface area contributed by atoms with E-state index in [2.05, 4.69) is 10.3 Å². The summed E-state index contributed by atoms with van der Waals surface area (Å²) in [6.07, 6.45) is 0. The molecule has 3 N–H and O–H groups in total. The van der Waals surface area contributed by atoms with E-state index >= 15 is 0 Å². The van der Waals surface area contributed by atoms with Crippen molar-refractivity contribution in [2.24, 2.45) is 5.14 Å². The Balaban J connectivity index is 2.56. The molecule has 106 valence electrons. The van der Waals surface area contributed by atoms with Crippen LogP contribution >= 0.6 is 11.3 Å². The number of thiazole rings is 1. The quantitative estimate of drug-likeness (QED) is 0.671. The first-order chi connectivity index (χ1) is 8.83. The number of sulfonamides is 1. The number of nitrogens with one attached hydrogen (secondary N) is 1. The van der Waals surface area contributed by atoms with Crippen molar-refractivity contribution in [1.29, 1.82) is 0 Å². The van der Waals surface area contributed by atoms with Crippen LogP contribution in [0.3, 0.4) is 0 Å². The first-order valence-corrected chi connectivity index (χ1v) is 7.84. The summed E-state index contributed by atoms with van der Waals surface area (Å²) in [6, 6.07) is 0. The zero-order valence-electron chi connectivity index (χ0n) is 10.1. The minimum atomic E-state index is -3.62. The van der Waals surface area contributed by atoms with Gasteiger partial charge in [-0.2, -0.15) is 0 Å². The number of hydrogen-bond acceptors (Lipinski definition) is 7. The standard InChI is InChI=1S/C9H13N3O5S2/c1-2-17-9(14)8-12-6(5-18-8)7(13)11-3-4-19(10,15)16/h5H,2-4H2,1H3,(H,11,13)(H2,10,15,16). The third-order valence-electron chi connectivity index (χ3n) is 1.86. The fourth-order valence-corrected chi connectivity index (χ4v) is 2.14. The number of amides is 1. The molecule has 1 rings (SSSR count). The van der Waals surface area contributed by atoms with Crippen LogP contribution in [0.2, 0.25) is 0 Å². The summed E-state index contributed by atoms with van der Waals surface area (Å²) in [6.45, 7) is 1.75. The van der Waals surface area contributed by atoms with E-state index in [1.807, 2.05) is 0 Å². The van der Waals surface area contributed by atoms with Crippen LogP contribution in [-0.2, 0) is 14.8 Å². The van der Waals surface area contributed by atoms with E-state index < -0.39 is 21.9 Å². The van der Waals surface area contributed by atoms with Gasteiger partial charge < -0.3 is 10.1 Å². The maximum absolute atomic E-state index is 11.6. The van der Waals surface area contributed by atoms with E-state index in [-0.39, 0.29) is 29.6 Å². The molecule has 19 heavy (non-hydrogen) atoms. The van der Waals surface area contributed by atoms with Gasteiger partial charge in [-0.3, -0.25) is 4.79 Å². The average Bonchev–Trinajstić information content (AvgIpc) is 2.76. The van der Waals surface area contributed by atoms with Gasteiger partial charge in [-0.05, 0) is 6.92 Å². The van der Waals surface area contributed by atoms with Gasteiger partial charge in [-0.15, -0.1) is 11.3 Å². The second-order valence-corrected chi connectivity index (χ2v) is 5.97. The molecule has 0 fully saturated rings. The molecule has 1 aromatic heterocycles. The van der Waals surface area contributed by atoms with Crippen LogP contribution in [0.1, 0.15) is 27.2 Å². The van der Waals surface area contributed by atoms with E-state index in [1.165, 1.54) is 5.38 Å². The monoisotopic (exact) mass is 307 g/mol. The maximum atomic E-state index is 11.6. The van der Waals surface area contributed by atoms with Crippen molar-refractivity contribution >= 4 is 33.2 Å². The molecule has 0 atom stereocenters. The lowest BCUT2D eigenvalue weighted by Crippen LogP contribution is -2.31. The smallest absolute Gasteiger partial charge is 0.367 e. The largest absolute Gasteiger partial charge is 0.461 e. The molecule has 0 saturated carbocycles. The highest BCUT2D eigenvalue weighted by Crippen LogP contribution is 2.10. The lowest BCUT2D eigenvalue weighted by atomic mass is 10.4. The summed E-state index contributed by atoms with van der Waals surface area (Å²) in [5.41, 5.74) is 0.0301. The Labute approximate surface area is 114 Å². The van der Waals surface area contributed by atoms with Gasteiger partial charge in [0, 0.05) is 11.9 Å². The highest BCUT2D eigenvalue weighted by atomic mass is 32.2. The summed E-state index contributed by atoms with van der Waals surface area (Å²) in [5, 5.41) is 8.57. The zero-order valence-corrected chi connectivity index (χ0v) is 11.7. The molecule has 0 saturated heterocycles. The third-order valence-corrected chi connectivity index (χ3v) is 3.45. The van der Waals surface area contributed by atoms with Crippen molar-refractivity contribution in [3.8, 4) is 0 Å². The Morgan fingerprint density at radius 3 is 2.79 bits per heavy atom. The summed E-state index contributed by atoms with van der Waals surface area (Å²) in [5.74, 6) is -1.54. The topological polar surface area (TPSA) is 128 Å². The number of nitrogens with zero attached hydrogens (tertiary/aromatic N) is 1. The Hall–Kier alpha value is -1.52. The molecule has 10 heteroatoms. The minimum absolute atomic E-state index is 0.0301. The first-order valence-electron chi connectivity index (χ1n) is 5.25. The zero-order chi connectivity index (χ0) is 14.5. The number of nitrogens with two attached hydrogens (primary N) is 1. The summed E-state index contributed by atoms with van der Waals surface area (Å²) in [7, 11) is -3.62. The summed E-state index contributed by atoms with van der Waals surface area (Å²) in [4.78, 5) is 26.7. The predicted molar refractivity (Wildman–Crippen MR) is 68.4 cm³/mol. The average molecular weight is 307 g/mol. The Morgan fingerprint density at radius 2 is 2.21 bits per heavy atom. The number of hydrogen-bond donors (Lipinski definition) is 2. The van der Waals surface area contributed by atoms with Crippen LogP contribution in [0, 0.1) is 0 Å². The maximum Gasteiger partial charge on any atom is 0.367 e. The summed E-state index contributed by atoms with van der Waals surface area (Å²) < 4.78 is 26.1. The molecular formula is C9H13N3O5S2. The van der Waals surface area contributed by atoms with Crippen LogP contribution in [-0.4, -0.2) is 44.2 Å². The molecule has 0 aliphatic carbocycles. The van der Waals surface area contributed by atoms with Gasteiger partial charge >= 0.3 is 5.97 Å². The predicted octanol–water partition coefficient (Wildman–Crippen LogP) is -0.662. The molecular weight excluding hydrogens is 294 g/mol. The Bertz CT molecular complexity index is 566. The molecule has 0 bridgehead atoms. The molecule has 0 unspecified atom stereocenters. The van der Waals surface area contributed by atoms with E-state index in [0.717, 1.165) is 11.3 Å².